The Kier molecular flexibility index (Phi) is 9.22. The molecule has 7 nitrogen and oxygen atoms in total. The molecule has 1 aliphatic rings. The fourth-order valence-electron chi connectivity index (χ4n) is 3.19. The largest absolute Gasteiger partial charge is 0.478 e. The summed E-state index contributed by atoms with van der Waals surface area (Å²) in [5.74, 6) is -0.00250. The van der Waals surface area contributed by atoms with Crippen molar-refractivity contribution in [1.29, 1.82) is 0 Å². The van der Waals surface area contributed by atoms with Gasteiger partial charge in [0.25, 0.3) is 5.91 Å². The molecule has 9 heteroatoms. The minimum atomic E-state index is -0.978. The van der Waals surface area contributed by atoms with Gasteiger partial charge in [-0.1, -0.05) is 66.4 Å². The summed E-state index contributed by atoms with van der Waals surface area (Å²) in [7, 11) is 6.16. The molecule has 188 valence electrons. The molecule has 0 aliphatic carbocycles. The quantitative estimate of drug-likeness (QED) is 0.262. The number of quaternary nitrogens is 1. The van der Waals surface area contributed by atoms with Crippen molar-refractivity contribution < 1.29 is 28.7 Å². The van der Waals surface area contributed by atoms with Crippen molar-refractivity contribution in [1.82, 2.24) is 4.90 Å². The van der Waals surface area contributed by atoms with Gasteiger partial charge in [0.1, 0.15) is 22.4 Å². The molecule has 1 aromatic heterocycles. The zero-order valence-corrected chi connectivity index (χ0v) is 22.0. The van der Waals surface area contributed by atoms with Crippen LogP contribution in [0.3, 0.4) is 0 Å². The van der Waals surface area contributed by atoms with E-state index in [2.05, 4.69) is 21.1 Å². The highest BCUT2D eigenvalue weighted by molar-refractivity contribution is 8.26. The molecule has 1 aliphatic heterocycles. The van der Waals surface area contributed by atoms with Gasteiger partial charge in [0.05, 0.1) is 44.8 Å². The summed E-state index contributed by atoms with van der Waals surface area (Å²) < 4.78 is 7.18. The van der Waals surface area contributed by atoms with Gasteiger partial charge in [-0.05, 0) is 29.8 Å². The number of hydrogen-bond donors (Lipinski definition) is 2. The van der Waals surface area contributed by atoms with E-state index in [0.717, 1.165) is 22.2 Å². The van der Waals surface area contributed by atoms with Crippen molar-refractivity contribution in [3.8, 4) is 11.3 Å². The van der Waals surface area contributed by atoms with Gasteiger partial charge in [0, 0.05) is 11.6 Å². The van der Waals surface area contributed by atoms with E-state index in [0.29, 0.717) is 27.3 Å². The van der Waals surface area contributed by atoms with Crippen molar-refractivity contribution in [3.63, 3.8) is 0 Å². The lowest BCUT2D eigenvalue weighted by Crippen LogP contribution is -2.36. The summed E-state index contributed by atoms with van der Waals surface area (Å²) in [5, 5.41) is 17.4. The maximum absolute atomic E-state index is 12.8. The first-order valence-corrected chi connectivity index (χ1v) is 12.4. The molecule has 4 rings (SSSR count). The number of aromatic carboxylic acids is 1. The minimum Gasteiger partial charge on any atom is -0.478 e. The Morgan fingerprint density at radius 1 is 1.06 bits per heavy atom. The van der Waals surface area contributed by atoms with Crippen LogP contribution in [0.15, 0.2) is 76.1 Å². The molecule has 0 atom stereocenters. The van der Waals surface area contributed by atoms with Gasteiger partial charge in [-0.25, -0.2) is 4.79 Å². The van der Waals surface area contributed by atoms with E-state index >= 15 is 0 Å². The van der Waals surface area contributed by atoms with Gasteiger partial charge >= 0.3 is 5.97 Å². The predicted octanol–water partition coefficient (Wildman–Crippen LogP) is 4.73. The second-order valence-corrected chi connectivity index (χ2v) is 10.8. The summed E-state index contributed by atoms with van der Waals surface area (Å²) in [4.78, 5) is 25.8. The smallest absolute Gasteiger partial charge is 0.335 e. The average Bonchev–Trinajstić information content (AvgIpc) is 3.40. The lowest BCUT2D eigenvalue weighted by atomic mass is 10.1. The van der Waals surface area contributed by atoms with Crippen molar-refractivity contribution in [3.05, 3.63) is 88.5 Å². The monoisotopic (exact) mass is 525 g/mol. The number of carboxylic acids is 1. The summed E-state index contributed by atoms with van der Waals surface area (Å²) in [5.41, 5.74) is 1.98. The highest BCUT2D eigenvalue weighted by atomic mass is 32.2. The van der Waals surface area contributed by atoms with Crippen LogP contribution in [0.5, 0.6) is 0 Å². The molecule has 1 fully saturated rings. The number of carbonyl (C=O) groups excluding carboxylic acids is 1. The van der Waals surface area contributed by atoms with Crippen molar-refractivity contribution in [2.45, 2.75) is 6.54 Å². The minimum absolute atomic E-state index is 0.146. The third kappa shape index (κ3) is 7.63. The zero-order chi connectivity index (χ0) is 26.3. The molecule has 3 aromatic rings. The first-order valence-electron chi connectivity index (χ1n) is 11.2. The number of benzene rings is 2. The molecule has 0 unspecified atom stereocenters. The lowest BCUT2D eigenvalue weighted by molar-refractivity contribution is -0.870. The molecule has 2 heterocycles. The summed E-state index contributed by atoms with van der Waals surface area (Å²) in [6, 6.07) is 19.7. The Balaban J connectivity index is 0.000000454. The normalized spacial score (nSPS) is 14.7. The second-order valence-electron chi connectivity index (χ2n) is 9.08. The predicted molar refractivity (Wildman–Crippen MR) is 146 cm³/mol. The van der Waals surface area contributed by atoms with Crippen LogP contribution in [-0.2, 0) is 11.3 Å². The maximum atomic E-state index is 12.8. The summed E-state index contributed by atoms with van der Waals surface area (Å²) in [6.07, 6.45) is 1.68. The second kappa shape index (κ2) is 12.1. The van der Waals surface area contributed by atoms with Crippen LogP contribution in [-0.4, -0.2) is 70.1 Å². The molecule has 2 N–H and O–H groups in total. The Hall–Kier alpha value is -3.24. The van der Waals surface area contributed by atoms with Gasteiger partial charge < -0.3 is 19.1 Å². The average molecular weight is 526 g/mol. The number of hydrogen-bond acceptors (Lipinski definition) is 6. The third-order valence-electron chi connectivity index (χ3n) is 5.14. The molecule has 36 heavy (non-hydrogen) atoms. The maximum Gasteiger partial charge on any atom is 0.335 e. The van der Waals surface area contributed by atoms with Gasteiger partial charge in [-0.3, -0.25) is 9.69 Å². The van der Waals surface area contributed by atoms with Crippen LogP contribution in [0.4, 0.5) is 0 Å². The topological polar surface area (TPSA) is 91.0 Å². The molecular formula is C27H29N2O5S2+. The number of furan rings is 1. The number of likely N-dealkylation sites (N-methyl/N-ethyl adjacent to an activating group) is 1. The first kappa shape index (κ1) is 27.3. The van der Waals surface area contributed by atoms with E-state index < -0.39 is 5.97 Å². The number of rotatable bonds is 7. The lowest BCUT2D eigenvalue weighted by Gasteiger charge is -2.21. The van der Waals surface area contributed by atoms with Gasteiger partial charge in [0.15, 0.2) is 0 Å². The van der Waals surface area contributed by atoms with Gasteiger partial charge in [-0.15, -0.1) is 0 Å². The Labute approximate surface area is 220 Å². The number of amides is 1. The van der Waals surface area contributed by atoms with Gasteiger partial charge in [-0.2, -0.15) is 0 Å². The number of carboxylic acid groups (broad SMARTS) is 1. The van der Waals surface area contributed by atoms with E-state index in [-0.39, 0.29) is 18.1 Å². The number of thiocarbonyl (C=S) groups is 1. The Morgan fingerprint density at radius 3 is 2.28 bits per heavy atom. The van der Waals surface area contributed by atoms with E-state index in [4.69, 9.17) is 26.8 Å². The molecule has 0 spiro atoms. The zero-order valence-electron chi connectivity index (χ0n) is 20.4. The highest BCUT2D eigenvalue weighted by Crippen LogP contribution is 2.34. The molecule has 2 aromatic carbocycles. The molecule has 1 amide bonds. The van der Waals surface area contributed by atoms with E-state index in [1.165, 1.54) is 23.9 Å². The molecule has 0 saturated carbocycles. The molecule has 1 saturated heterocycles. The molecular weight excluding hydrogens is 496 g/mol. The van der Waals surface area contributed by atoms with Crippen LogP contribution in [0.25, 0.3) is 17.4 Å². The van der Waals surface area contributed by atoms with Crippen molar-refractivity contribution in [2.24, 2.45) is 0 Å². The van der Waals surface area contributed by atoms with Gasteiger partial charge in [0.2, 0.25) is 0 Å². The SMILES string of the molecule is C[N+](C)(C)CCO.O=C(O)c1ccc(-c2ccc(C=C3SC(=S)N(Cc4ccccc4)C3=O)o2)cc1. The number of aliphatic hydroxyl groups excluding tert-OH is 1. The molecule has 0 radical (unpaired) electrons. The van der Waals surface area contributed by atoms with Crippen molar-refractivity contribution >= 4 is 46.3 Å². The van der Waals surface area contributed by atoms with Crippen LogP contribution in [0, 0.1) is 0 Å². The number of aliphatic hydroxyl groups is 1. The Morgan fingerprint density at radius 2 is 1.72 bits per heavy atom. The fourth-order valence-corrected chi connectivity index (χ4v) is 4.43. The molecule has 0 bridgehead atoms. The standard InChI is InChI=1S/C22H15NO4S2.C5H14NO/c24-20-19(29-22(28)23(20)13-14-4-2-1-3-5-14)12-17-10-11-18(27-17)15-6-8-16(9-7-15)21(25)26;1-6(2,3)4-5-7/h1-12H,13H2,(H,25,26);7H,4-5H2,1-3H3/q;+1. The third-order valence-corrected chi connectivity index (χ3v) is 6.52. The van der Waals surface area contributed by atoms with E-state index in [1.54, 1.807) is 35.2 Å². The highest BCUT2D eigenvalue weighted by Gasteiger charge is 2.32. The Bertz CT molecular complexity index is 1250. The fraction of sp³-hybridized carbons (Fsp3) is 0.222. The number of nitrogens with zero attached hydrogens (tertiary/aromatic N) is 2. The van der Waals surface area contributed by atoms with Crippen LogP contribution in [0.2, 0.25) is 0 Å². The number of carbonyl (C=O) groups is 2. The summed E-state index contributed by atoms with van der Waals surface area (Å²) in [6.45, 7) is 1.55. The van der Waals surface area contributed by atoms with Crippen LogP contribution in [0.1, 0.15) is 21.7 Å². The van der Waals surface area contributed by atoms with E-state index in [9.17, 15) is 9.59 Å². The number of thioether (sulfide) groups is 1. The van der Waals surface area contributed by atoms with Crippen LogP contribution < -0.4 is 0 Å². The van der Waals surface area contributed by atoms with Crippen LogP contribution >= 0.6 is 24.0 Å². The summed E-state index contributed by atoms with van der Waals surface area (Å²) >= 11 is 6.62. The van der Waals surface area contributed by atoms with Crippen molar-refractivity contribution in [2.75, 3.05) is 34.3 Å². The van der Waals surface area contributed by atoms with E-state index in [1.807, 2.05) is 30.3 Å². The first-order chi connectivity index (χ1) is 17.1.